The van der Waals surface area contributed by atoms with Gasteiger partial charge in [-0.1, -0.05) is 5.16 Å². The van der Waals surface area contributed by atoms with Gasteiger partial charge in [-0.2, -0.15) is 0 Å². The van der Waals surface area contributed by atoms with E-state index in [0.717, 1.165) is 18.7 Å². The van der Waals surface area contributed by atoms with Crippen molar-refractivity contribution in [2.24, 2.45) is 5.16 Å². The molecule has 0 heterocycles. The van der Waals surface area contributed by atoms with E-state index in [2.05, 4.69) is 14.9 Å². The summed E-state index contributed by atoms with van der Waals surface area (Å²) in [6, 6.07) is 0. The van der Waals surface area contributed by atoms with Gasteiger partial charge in [0.05, 0.1) is 5.71 Å². The van der Waals surface area contributed by atoms with Crippen LogP contribution in [-0.2, 0) is 4.84 Å². The molecule has 0 aliphatic rings. The molecule has 0 radical (unpaired) electrons. The van der Waals surface area contributed by atoms with Crippen molar-refractivity contribution in [3.8, 4) is 0 Å². The third kappa shape index (κ3) is 5.56. The van der Waals surface area contributed by atoms with Crippen LogP contribution in [0.25, 0.3) is 0 Å². The summed E-state index contributed by atoms with van der Waals surface area (Å²) in [7, 11) is 5.65. The number of oxime groups is 1. The SMILES string of the molecule is CO/N=C(\C)CCN(C)C. The molecule has 60 valence electrons. The summed E-state index contributed by atoms with van der Waals surface area (Å²) in [5.41, 5.74) is 1.04. The van der Waals surface area contributed by atoms with Crippen molar-refractivity contribution in [1.29, 1.82) is 0 Å². The van der Waals surface area contributed by atoms with Crippen LogP contribution in [0.1, 0.15) is 13.3 Å². The van der Waals surface area contributed by atoms with Crippen molar-refractivity contribution in [3.63, 3.8) is 0 Å². The maximum Gasteiger partial charge on any atom is 0.106 e. The summed E-state index contributed by atoms with van der Waals surface area (Å²) in [5, 5.41) is 3.79. The minimum absolute atomic E-state index is 0.973. The molecular formula is C7H16N2O. The minimum atomic E-state index is 0.973. The molecule has 0 unspecified atom stereocenters. The Hall–Kier alpha value is -0.570. The Bertz CT molecular complexity index is 110. The lowest BCUT2D eigenvalue weighted by atomic mass is 10.3. The van der Waals surface area contributed by atoms with Crippen LogP contribution in [-0.4, -0.2) is 38.4 Å². The second-order valence-electron chi connectivity index (χ2n) is 2.56. The summed E-state index contributed by atoms with van der Waals surface area (Å²) in [5.74, 6) is 0. The van der Waals surface area contributed by atoms with Gasteiger partial charge in [-0.3, -0.25) is 0 Å². The van der Waals surface area contributed by atoms with Crippen molar-refractivity contribution in [2.75, 3.05) is 27.7 Å². The normalized spacial score (nSPS) is 12.3. The van der Waals surface area contributed by atoms with E-state index in [-0.39, 0.29) is 0 Å². The summed E-state index contributed by atoms with van der Waals surface area (Å²) < 4.78 is 0. The maximum atomic E-state index is 4.61. The van der Waals surface area contributed by atoms with Gasteiger partial charge in [0.25, 0.3) is 0 Å². The number of nitrogens with zero attached hydrogens (tertiary/aromatic N) is 2. The van der Waals surface area contributed by atoms with E-state index in [1.165, 1.54) is 0 Å². The first kappa shape index (κ1) is 9.43. The zero-order chi connectivity index (χ0) is 7.98. The molecule has 0 atom stereocenters. The van der Waals surface area contributed by atoms with Crippen LogP contribution in [0.5, 0.6) is 0 Å². The molecule has 0 fully saturated rings. The quantitative estimate of drug-likeness (QED) is 0.433. The molecule has 3 nitrogen and oxygen atoms in total. The fourth-order valence-electron chi connectivity index (χ4n) is 0.587. The summed E-state index contributed by atoms with van der Waals surface area (Å²) in [6.45, 7) is 2.99. The Balaban J connectivity index is 3.39. The van der Waals surface area contributed by atoms with Crippen LogP contribution in [0.2, 0.25) is 0 Å². The highest BCUT2D eigenvalue weighted by atomic mass is 16.6. The molecule has 0 amide bonds. The molecule has 0 rings (SSSR count). The molecule has 0 aliphatic carbocycles. The fraction of sp³-hybridized carbons (Fsp3) is 0.857. The van der Waals surface area contributed by atoms with Crippen molar-refractivity contribution in [2.45, 2.75) is 13.3 Å². The molecule has 0 aromatic rings. The lowest BCUT2D eigenvalue weighted by Gasteiger charge is -2.07. The van der Waals surface area contributed by atoms with Gasteiger partial charge in [0, 0.05) is 13.0 Å². The second kappa shape index (κ2) is 5.23. The van der Waals surface area contributed by atoms with E-state index in [9.17, 15) is 0 Å². The van der Waals surface area contributed by atoms with Gasteiger partial charge in [0.2, 0.25) is 0 Å². The Morgan fingerprint density at radius 1 is 1.50 bits per heavy atom. The third-order valence-corrected chi connectivity index (χ3v) is 1.17. The predicted octanol–water partition coefficient (Wildman–Crippen LogP) is 0.960. The first-order chi connectivity index (χ1) is 4.66. The Labute approximate surface area is 62.7 Å². The number of rotatable bonds is 4. The van der Waals surface area contributed by atoms with E-state index in [0.29, 0.717) is 0 Å². The molecule has 0 spiro atoms. The Morgan fingerprint density at radius 3 is 2.50 bits per heavy atom. The van der Waals surface area contributed by atoms with Gasteiger partial charge in [-0.05, 0) is 21.0 Å². The minimum Gasteiger partial charge on any atom is -0.399 e. The van der Waals surface area contributed by atoms with Crippen molar-refractivity contribution < 1.29 is 4.84 Å². The fourth-order valence-corrected chi connectivity index (χ4v) is 0.587. The Morgan fingerprint density at radius 2 is 2.10 bits per heavy atom. The molecular weight excluding hydrogens is 128 g/mol. The van der Waals surface area contributed by atoms with Crippen LogP contribution in [0.15, 0.2) is 5.16 Å². The average Bonchev–Trinajstić information content (AvgIpc) is 1.85. The molecule has 0 bridgehead atoms. The second-order valence-corrected chi connectivity index (χ2v) is 2.56. The molecule has 0 aromatic heterocycles. The van der Waals surface area contributed by atoms with Crippen LogP contribution in [0, 0.1) is 0 Å². The highest BCUT2D eigenvalue weighted by Crippen LogP contribution is 1.88. The molecule has 0 aliphatic heterocycles. The van der Waals surface area contributed by atoms with Gasteiger partial charge >= 0.3 is 0 Å². The van der Waals surface area contributed by atoms with E-state index in [1.54, 1.807) is 7.11 Å². The summed E-state index contributed by atoms with van der Waals surface area (Å²) >= 11 is 0. The largest absolute Gasteiger partial charge is 0.399 e. The first-order valence-electron chi connectivity index (χ1n) is 3.38. The molecule has 0 saturated carbocycles. The van der Waals surface area contributed by atoms with Crippen molar-refractivity contribution in [3.05, 3.63) is 0 Å². The third-order valence-electron chi connectivity index (χ3n) is 1.17. The van der Waals surface area contributed by atoms with Gasteiger partial charge in [-0.15, -0.1) is 0 Å². The summed E-state index contributed by atoms with van der Waals surface area (Å²) in [4.78, 5) is 6.73. The predicted molar refractivity (Wildman–Crippen MR) is 43.3 cm³/mol. The average molecular weight is 144 g/mol. The van der Waals surface area contributed by atoms with Crippen molar-refractivity contribution in [1.82, 2.24) is 4.90 Å². The van der Waals surface area contributed by atoms with E-state index >= 15 is 0 Å². The van der Waals surface area contributed by atoms with E-state index in [1.807, 2.05) is 21.0 Å². The molecule has 0 saturated heterocycles. The number of hydrogen-bond donors (Lipinski definition) is 0. The molecule has 0 aromatic carbocycles. The lowest BCUT2D eigenvalue weighted by molar-refractivity contribution is 0.212. The summed E-state index contributed by atoms with van der Waals surface area (Å²) in [6.07, 6.45) is 0.973. The number of hydrogen-bond acceptors (Lipinski definition) is 3. The zero-order valence-electron chi connectivity index (χ0n) is 7.22. The maximum absolute atomic E-state index is 4.61. The van der Waals surface area contributed by atoms with Crippen LogP contribution in [0.4, 0.5) is 0 Å². The molecule has 0 N–H and O–H groups in total. The van der Waals surface area contributed by atoms with Crippen molar-refractivity contribution >= 4 is 5.71 Å². The smallest absolute Gasteiger partial charge is 0.106 e. The van der Waals surface area contributed by atoms with Gasteiger partial charge < -0.3 is 9.74 Å². The zero-order valence-corrected chi connectivity index (χ0v) is 7.22. The first-order valence-corrected chi connectivity index (χ1v) is 3.38. The lowest BCUT2D eigenvalue weighted by Crippen LogP contribution is -2.15. The topological polar surface area (TPSA) is 24.8 Å². The Kier molecular flexibility index (Phi) is 4.94. The van der Waals surface area contributed by atoms with Crippen LogP contribution in [0.3, 0.4) is 0 Å². The highest BCUT2D eigenvalue weighted by molar-refractivity contribution is 5.81. The van der Waals surface area contributed by atoms with E-state index in [4.69, 9.17) is 0 Å². The van der Waals surface area contributed by atoms with E-state index < -0.39 is 0 Å². The van der Waals surface area contributed by atoms with Crippen LogP contribution < -0.4 is 0 Å². The van der Waals surface area contributed by atoms with Gasteiger partial charge in [-0.25, -0.2) is 0 Å². The molecule has 10 heavy (non-hydrogen) atoms. The monoisotopic (exact) mass is 144 g/mol. The molecule has 3 heteroatoms. The highest BCUT2D eigenvalue weighted by Gasteiger charge is 1.93. The van der Waals surface area contributed by atoms with Gasteiger partial charge in [0.15, 0.2) is 0 Å². The van der Waals surface area contributed by atoms with Gasteiger partial charge in [0.1, 0.15) is 7.11 Å². The van der Waals surface area contributed by atoms with Crippen LogP contribution >= 0.6 is 0 Å². The standard InChI is InChI=1S/C7H16N2O/c1-7(8-10-4)5-6-9(2)3/h5-6H2,1-4H3/b8-7+.